The van der Waals surface area contributed by atoms with Crippen LogP contribution in [0.2, 0.25) is 0 Å². The number of benzene rings is 2. The average molecular weight is 412 g/mol. The molecule has 0 aromatic heterocycles. The summed E-state index contributed by atoms with van der Waals surface area (Å²) in [4.78, 5) is 4.34. The molecule has 0 amide bonds. The van der Waals surface area contributed by atoms with Crippen molar-refractivity contribution in [2.75, 3.05) is 27.4 Å². The summed E-state index contributed by atoms with van der Waals surface area (Å²) >= 11 is 0. The number of ether oxygens (including phenoxy) is 3. The fourth-order valence-corrected chi connectivity index (χ4v) is 3.53. The zero-order valence-corrected chi connectivity index (χ0v) is 18.5. The van der Waals surface area contributed by atoms with Crippen molar-refractivity contribution in [3.05, 3.63) is 58.7 Å². The zero-order valence-electron chi connectivity index (χ0n) is 18.5. The van der Waals surface area contributed by atoms with Crippen LogP contribution >= 0.6 is 0 Å². The lowest BCUT2D eigenvalue weighted by atomic mass is 10.1. The minimum Gasteiger partial charge on any atom is -0.497 e. The SMILES string of the molecule is CN=C(NCc1cc(C)cc(OC)c1)NCc1ccc(C)cc1OCC1CCCO1. The van der Waals surface area contributed by atoms with E-state index in [0.29, 0.717) is 19.7 Å². The second kappa shape index (κ2) is 10.9. The van der Waals surface area contributed by atoms with Crippen LogP contribution in [0.1, 0.15) is 35.1 Å². The minimum absolute atomic E-state index is 0.201. The van der Waals surface area contributed by atoms with Crippen molar-refractivity contribution in [2.24, 2.45) is 4.99 Å². The molecule has 1 fully saturated rings. The number of aryl methyl sites for hydroxylation is 2. The highest BCUT2D eigenvalue weighted by molar-refractivity contribution is 5.79. The predicted molar refractivity (Wildman–Crippen MR) is 120 cm³/mol. The van der Waals surface area contributed by atoms with E-state index in [0.717, 1.165) is 48.0 Å². The third-order valence-corrected chi connectivity index (χ3v) is 5.15. The van der Waals surface area contributed by atoms with Crippen molar-refractivity contribution in [3.8, 4) is 11.5 Å². The van der Waals surface area contributed by atoms with Crippen molar-refractivity contribution in [2.45, 2.75) is 45.9 Å². The Bertz CT molecular complexity index is 861. The lowest BCUT2D eigenvalue weighted by Crippen LogP contribution is -2.36. The molecule has 3 rings (SSSR count). The number of guanidine groups is 1. The van der Waals surface area contributed by atoms with Crippen LogP contribution in [-0.2, 0) is 17.8 Å². The van der Waals surface area contributed by atoms with Gasteiger partial charge in [-0.3, -0.25) is 4.99 Å². The maximum atomic E-state index is 6.10. The van der Waals surface area contributed by atoms with Gasteiger partial charge in [-0.05, 0) is 61.6 Å². The highest BCUT2D eigenvalue weighted by atomic mass is 16.5. The summed E-state index contributed by atoms with van der Waals surface area (Å²) in [7, 11) is 3.46. The smallest absolute Gasteiger partial charge is 0.191 e. The molecule has 0 saturated carbocycles. The number of rotatable bonds is 8. The van der Waals surface area contributed by atoms with Gasteiger partial charge >= 0.3 is 0 Å². The first-order valence-electron chi connectivity index (χ1n) is 10.5. The van der Waals surface area contributed by atoms with Crippen LogP contribution in [0.4, 0.5) is 0 Å². The van der Waals surface area contributed by atoms with Crippen molar-refractivity contribution in [1.29, 1.82) is 0 Å². The van der Waals surface area contributed by atoms with Crippen molar-refractivity contribution in [1.82, 2.24) is 10.6 Å². The Morgan fingerprint density at radius 1 is 1.10 bits per heavy atom. The number of hydrogen-bond acceptors (Lipinski definition) is 4. The Balaban J connectivity index is 1.57. The number of methoxy groups -OCH3 is 1. The zero-order chi connectivity index (χ0) is 21.3. The average Bonchev–Trinajstić information content (AvgIpc) is 3.26. The number of nitrogens with zero attached hydrogens (tertiary/aromatic N) is 1. The van der Waals surface area contributed by atoms with Gasteiger partial charge in [0, 0.05) is 32.3 Å². The first kappa shape index (κ1) is 22.0. The molecule has 1 heterocycles. The quantitative estimate of drug-likeness (QED) is 0.512. The fourth-order valence-electron chi connectivity index (χ4n) is 3.53. The van der Waals surface area contributed by atoms with Crippen LogP contribution in [0.3, 0.4) is 0 Å². The van der Waals surface area contributed by atoms with Crippen LogP contribution in [0.5, 0.6) is 11.5 Å². The summed E-state index contributed by atoms with van der Waals surface area (Å²) in [6, 6.07) is 12.5. The Hall–Kier alpha value is -2.73. The molecule has 0 radical (unpaired) electrons. The van der Waals surface area contributed by atoms with Gasteiger partial charge in [-0.2, -0.15) is 0 Å². The predicted octanol–water partition coefficient (Wildman–Crippen LogP) is 3.74. The van der Waals surface area contributed by atoms with E-state index in [1.54, 1.807) is 14.2 Å². The van der Waals surface area contributed by atoms with Gasteiger partial charge in [0.15, 0.2) is 5.96 Å². The highest BCUT2D eigenvalue weighted by Gasteiger charge is 2.17. The van der Waals surface area contributed by atoms with E-state index >= 15 is 0 Å². The summed E-state index contributed by atoms with van der Waals surface area (Å²) < 4.78 is 17.1. The largest absolute Gasteiger partial charge is 0.497 e. The van der Waals surface area contributed by atoms with Crippen molar-refractivity contribution < 1.29 is 14.2 Å². The van der Waals surface area contributed by atoms with Gasteiger partial charge in [-0.25, -0.2) is 0 Å². The Labute approximate surface area is 179 Å². The third-order valence-electron chi connectivity index (χ3n) is 5.15. The fraction of sp³-hybridized carbons (Fsp3) is 0.458. The molecule has 1 aliphatic heterocycles. The second-order valence-electron chi connectivity index (χ2n) is 7.69. The van der Waals surface area contributed by atoms with E-state index in [-0.39, 0.29) is 6.10 Å². The van der Waals surface area contributed by atoms with Crippen molar-refractivity contribution in [3.63, 3.8) is 0 Å². The van der Waals surface area contributed by atoms with Crippen LogP contribution in [-0.4, -0.2) is 39.4 Å². The summed E-state index contributed by atoms with van der Waals surface area (Å²) in [6.07, 6.45) is 2.39. The van der Waals surface area contributed by atoms with Crippen LogP contribution in [0, 0.1) is 13.8 Å². The van der Waals surface area contributed by atoms with Crippen LogP contribution in [0.25, 0.3) is 0 Å². The molecule has 0 aliphatic carbocycles. The summed E-state index contributed by atoms with van der Waals surface area (Å²) in [6.45, 7) is 6.86. The molecule has 30 heavy (non-hydrogen) atoms. The molecular weight excluding hydrogens is 378 g/mol. The first-order valence-corrected chi connectivity index (χ1v) is 10.5. The lowest BCUT2D eigenvalue weighted by Gasteiger charge is -2.17. The molecule has 2 aromatic rings. The van der Waals surface area contributed by atoms with Gasteiger partial charge in [-0.1, -0.05) is 18.2 Å². The standard InChI is InChI=1S/C24H33N3O3/c1-17-7-8-20(23(12-17)30-16-21-6-5-9-29-21)15-27-24(25-3)26-14-19-10-18(2)11-22(13-19)28-4/h7-8,10-13,21H,5-6,9,14-16H2,1-4H3,(H2,25,26,27). The minimum atomic E-state index is 0.201. The molecule has 162 valence electrons. The Morgan fingerprint density at radius 3 is 2.67 bits per heavy atom. The monoisotopic (exact) mass is 411 g/mol. The lowest BCUT2D eigenvalue weighted by molar-refractivity contribution is 0.0676. The molecule has 0 spiro atoms. The molecule has 1 saturated heterocycles. The van der Waals surface area contributed by atoms with Crippen LogP contribution in [0.15, 0.2) is 41.4 Å². The molecular formula is C24H33N3O3. The normalized spacial score (nSPS) is 16.4. The van der Waals surface area contributed by atoms with Gasteiger partial charge in [-0.15, -0.1) is 0 Å². The topological polar surface area (TPSA) is 64.1 Å². The molecule has 0 bridgehead atoms. The summed E-state index contributed by atoms with van der Waals surface area (Å²) in [5.74, 6) is 2.50. The number of nitrogens with one attached hydrogen (secondary N) is 2. The van der Waals surface area contributed by atoms with Gasteiger partial charge in [0.05, 0.1) is 13.2 Å². The molecule has 1 atom stereocenters. The maximum Gasteiger partial charge on any atom is 0.191 e. The molecule has 2 N–H and O–H groups in total. The van der Waals surface area contributed by atoms with E-state index in [1.807, 2.05) is 12.1 Å². The number of aliphatic imine (C=N–C) groups is 1. The van der Waals surface area contributed by atoms with E-state index in [1.165, 1.54) is 11.1 Å². The summed E-state index contributed by atoms with van der Waals surface area (Å²) in [5, 5.41) is 6.75. The molecule has 1 unspecified atom stereocenters. The summed E-state index contributed by atoms with van der Waals surface area (Å²) in [5.41, 5.74) is 4.59. The molecule has 2 aromatic carbocycles. The Morgan fingerprint density at radius 2 is 1.93 bits per heavy atom. The second-order valence-corrected chi connectivity index (χ2v) is 7.69. The Kier molecular flexibility index (Phi) is 7.97. The van der Waals surface area contributed by atoms with E-state index in [2.05, 4.69) is 53.7 Å². The third kappa shape index (κ3) is 6.39. The highest BCUT2D eigenvalue weighted by Crippen LogP contribution is 2.22. The van der Waals surface area contributed by atoms with Gasteiger partial charge in [0.1, 0.15) is 18.1 Å². The van der Waals surface area contributed by atoms with Gasteiger partial charge in [0.2, 0.25) is 0 Å². The van der Waals surface area contributed by atoms with Crippen LogP contribution < -0.4 is 20.1 Å². The van der Waals surface area contributed by atoms with Gasteiger partial charge in [0.25, 0.3) is 0 Å². The van der Waals surface area contributed by atoms with Crippen molar-refractivity contribution >= 4 is 5.96 Å². The first-order chi connectivity index (χ1) is 14.6. The number of hydrogen-bond donors (Lipinski definition) is 2. The maximum absolute atomic E-state index is 6.10. The molecule has 6 heteroatoms. The molecule has 6 nitrogen and oxygen atoms in total. The van der Waals surface area contributed by atoms with E-state index < -0.39 is 0 Å². The molecule has 1 aliphatic rings. The van der Waals surface area contributed by atoms with Gasteiger partial charge < -0.3 is 24.8 Å². The van der Waals surface area contributed by atoms with E-state index in [9.17, 15) is 0 Å². The van der Waals surface area contributed by atoms with E-state index in [4.69, 9.17) is 14.2 Å².